The third-order valence-electron chi connectivity index (χ3n) is 6.18. The molecule has 0 aromatic rings. The summed E-state index contributed by atoms with van der Waals surface area (Å²) >= 11 is 0. The minimum atomic E-state index is -0.0694. The lowest BCUT2D eigenvalue weighted by Crippen LogP contribution is -2.42. The number of methoxy groups -OCH3 is 1. The molecule has 0 spiro atoms. The fourth-order valence-electron chi connectivity index (χ4n) is 2.61. The smallest absolute Gasteiger partial charge is 0.0987 e. The molecule has 8 heteroatoms. The monoisotopic (exact) mass is 479 g/mol. The van der Waals surface area contributed by atoms with Crippen LogP contribution in [0.3, 0.4) is 0 Å². The molecule has 4 N–H and O–H groups in total. The Morgan fingerprint density at radius 2 is 1.70 bits per heavy atom. The number of likely N-dealkylation sites (tertiary alicyclic amines) is 1. The molecule has 1 heterocycles. The van der Waals surface area contributed by atoms with Crippen molar-refractivity contribution < 1.29 is 14.6 Å². The highest BCUT2D eigenvalue weighted by molar-refractivity contribution is 4.77. The molecule has 0 saturated carbocycles. The molecular weight excluding hydrogens is 418 g/mol. The van der Waals surface area contributed by atoms with Gasteiger partial charge in [-0.05, 0) is 94.4 Å². The summed E-state index contributed by atoms with van der Waals surface area (Å²) in [6, 6.07) is 1.31. The van der Waals surface area contributed by atoms with E-state index in [0.29, 0.717) is 6.04 Å². The van der Waals surface area contributed by atoms with Gasteiger partial charge in [-0.1, -0.05) is 20.8 Å². The first-order chi connectivity index (χ1) is 15.7. The third-order valence-corrected chi connectivity index (χ3v) is 6.18. The third kappa shape index (κ3) is 24.6. The molecule has 8 nitrogen and oxygen atoms in total. The highest BCUT2D eigenvalue weighted by Gasteiger charge is 2.16. The number of ether oxygens (including phenoxy) is 2. The molecule has 1 aliphatic rings. The van der Waals surface area contributed by atoms with Crippen molar-refractivity contribution in [1.29, 1.82) is 0 Å². The number of hydrogen-bond acceptors (Lipinski definition) is 8. The van der Waals surface area contributed by atoms with Gasteiger partial charge in [0.25, 0.3) is 0 Å². The van der Waals surface area contributed by atoms with Gasteiger partial charge in [0.1, 0.15) is 0 Å². The van der Waals surface area contributed by atoms with Crippen molar-refractivity contribution in [2.24, 2.45) is 0 Å². The van der Waals surface area contributed by atoms with Gasteiger partial charge in [-0.2, -0.15) is 0 Å². The SMILES string of the molecule is CCC(C)(CO)NC.CCC(COC)NC.CCOCN(C)CC.CNC1CCN(C)CC1. The average Bonchev–Trinajstić information content (AvgIpc) is 2.86. The van der Waals surface area contributed by atoms with Crippen molar-refractivity contribution in [3.8, 4) is 0 Å². The molecule has 0 aliphatic carbocycles. The zero-order chi connectivity index (χ0) is 26.1. The molecular formula is C25H61N5O3. The van der Waals surface area contributed by atoms with Crippen LogP contribution in [0.5, 0.6) is 0 Å². The zero-order valence-corrected chi connectivity index (χ0v) is 24.1. The van der Waals surface area contributed by atoms with Gasteiger partial charge in [0.15, 0.2) is 0 Å². The van der Waals surface area contributed by atoms with E-state index in [2.05, 4.69) is 53.7 Å². The Labute approximate surface area is 207 Å². The Bertz CT molecular complexity index is 354. The standard InChI is InChI=1S/C7H16N2.3C6H15NO/c1-8-7-3-5-9(2)6-4-7;1-4-6(7-2)5-8-3;1-4-6(2,5-8)7-3;1-4-7(3)6-8-5-2/h7-8H,3-6H2,1-2H3;6-7H,4-5H2,1-3H3;7-8H,4-5H2,1-3H3;4-6H2,1-3H3. The van der Waals surface area contributed by atoms with Crippen molar-refractivity contribution >= 4 is 0 Å². The van der Waals surface area contributed by atoms with Crippen LogP contribution < -0.4 is 16.0 Å². The Kier molecular flexibility index (Phi) is 29.7. The molecule has 2 atom stereocenters. The number of rotatable bonds is 12. The molecule has 2 unspecified atom stereocenters. The predicted molar refractivity (Wildman–Crippen MR) is 144 cm³/mol. The van der Waals surface area contributed by atoms with Crippen molar-refractivity contribution in [3.63, 3.8) is 0 Å². The maximum absolute atomic E-state index is 8.72. The quantitative estimate of drug-likeness (QED) is 0.317. The molecule has 1 rings (SSSR count). The lowest BCUT2D eigenvalue weighted by molar-refractivity contribution is 0.0538. The van der Waals surface area contributed by atoms with E-state index < -0.39 is 0 Å². The number of nitrogens with one attached hydrogen (secondary N) is 3. The van der Waals surface area contributed by atoms with Gasteiger partial charge in [-0.25, -0.2) is 0 Å². The van der Waals surface area contributed by atoms with E-state index in [4.69, 9.17) is 14.6 Å². The zero-order valence-electron chi connectivity index (χ0n) is 24.1. The Morgan fingerprint density at radius 3 is 1.94 bits per heavy atom. The largest absolute Gasteiger partial charge is 0.394 e. The fourth-order valence-corrected chi connectivity index (χ4v) is 2.61. The van der Waals surface area contributed by atoms with Gasteiger partial charge in [0.05, 0.1) is 19.9 Å². The average molecular weight is 480 g/mol. The molecule has 0 aromatic carbocycles. The minimum absolute atomic E-state index is 0.0694. The number of hydrogen-bond donors (Lipinski definition) is 4. The number of likely N-dealkylation sites (N-methyl/N-ethyl adjacent to an activating group) is 2. The van der Waals surface area contributed by atoms with Crippen molar-refractivity contribution in [1.82, 2.24) is 25.8 Å². The van der Waals surface area contributed by atoms with Gasteiger partial charge in [-0.15, -0.1) is 0 Å². The first-order valence-corrected chi connectivity index (χ1v) is 12.7. The summed E-state index contributed by atoms with van der Waals surface area (Å²) in [5, 5.41) is 18.2. The first-order valence-electron chi connectivity index (χ1n) is 12.7. The molecule has 0 amide bonds. The van der Waals surface area contributed by atoms with Gasteiger partial charge in [0, 0.05) is 31.3 Å². The second-order valence-corrected chi connectivity index (χ2v) is 8.83. The van der Waals surface area contributed by atoms with E-state index in [9.17, 15) is 0 Å². The number of piperidine rings is 1. The first kappa shape index (κ1) is 37.2. The van der Waals surface area contributed by atoms with Gasteiger partial charge >= 0.3 is 0 Å². The van der Waals surface area contributed by atoms with Crippen LogP contribution in [0.25, 0.3) is 0 Å². The van der Waals surface area contributed by atoms with Crippen LogP contribution in [0.2, 0.25) is 0 Å². The normalized spacial score (nSPS) is 17.0. The summed E-state index contributed by atoms with van der Waals surface area (Å²) in [5.74, 6) is 0. The Morgan fingerprint density at radius 1 is 1.12 bits per heavy atom. The summed E-state index contributed by atoms with van der Waals surface area (Å²) in [7, 11) is 11.8. The Hall–Kier alpha value is -0.320. The molecule has 204 valence electrons. The number of aliphatic hydroxyl groups excluding tert-OH is 1. The van der Waals surface area contributed by atoms with Crippen LogP contribution in [0, 0.1) is 0 Å². The lowest BCUT2D eigenvalue weighted by atomic mass is 10.0. The minimum Gasteiger partial charge on any atom is -0.394 e. The number of nitrogens with zero attached hydrogens (tertiary/aromatic N) is 2. The fraction of sp³-hybridized carbons (Fsp3) is 1.00. The second kappa shape index (κ2) is 26.3. The van der Waals surface area contributed by atoms with Crippen LogP contribution >= 0.6 is 0 Å². The van der Waals surface area contributed by atoms with E-state index >= 15 is 0 Å². The molecule has 33 heavy (non-hydrogen) atoms. The highest BCUT2D eigenvalue weighted by Crippen LogP contribution is 2.06. The summed E-state index contributed by atoms with van der Waals surface area (Å²) < 4.78 is 10.0. The van der Waals surface area contributed by atoms with Crippen LogP contribution in [-0.4, -0.2) is 121 Å². The van der Waals surface area contributed by atoms with Crippen LogP contribution in [0.1, 0.15) is 60.3 Å². The van der Waals surface area contributed by atoms with Crippen LogP contribution in [0.4, 0.5) is 0 Å². The van der Waals surface area contributed by atoms with Gasteiger partial charge < -0.3 is 35.4 Å². The molecule has 1 aliphatic heterocycles. The maximum Gasteiger partial charge on any atom is 0.0987 e. The van der Waals surface area contributed by atoms with Crippen molar-refractivity contribution in [2.75, 3.05) is 88.5 Å². The van der Waals surface area contributed by atoms with E-state index in [1.54, 1.807) is 7.11 Å². The second-order valence-electron chi connectivity index (χ2n) is 8.83. The Balaban J connectivity index is -0.000000364. The molecule has 0 aromatic heterocycles. The molecule has 0 bridgehead atoms. The van der Waals surface area contributed by atoms with Gasteiger partial charge in [-0.3, -0.25) is 4.90 Å². The molecule has 1 fully saturated rings. The maximum atomic E-state index is 8.72. The van der Waals surface area contributed by atoms with Crippen molar-refractivity contribution in [2.45, 2.75) is 77.9 Å². The number of aliphatic hydroxyl groups is 1. The summed E-state index contributed by atoms with van der Waals surface area (Å²) in [4.78, 5) is 4.50. The molecule has 1 saturated heterocycles. The van der Waals surface area contributed by atoms with Crippen LogP contribution in [-0.2, 0) is 9.47 Å². The van der Waals surface area contributed by atoms with Crippen LogP contribution in [0.15, 0.2) is 0 Å². The topological polar surface area (TPSA) is 81.3 Å². The lowest BCUT2D eigenvalue weighted by Gasteiger charge is -2.28. The van der Waals surface area contributed by atoms with Crippen molar-refractivity contribution in [3.05, 3.63) is 0 Å². The predicted octanol–water partition coefficient (Wildman–Crippen LogP) is 2.23. The van der Waals surface area contributed by atoms with E-state index in [1.165, 1.54) is 25.9 Å². The van der Waals surface area contributed by atoms with E-state index in [-0.39, 0.29) is 12.1 Å². The highest BCUT2D eigenvalue weighted by atomic mass is 16.5. The summed E-state index contributed by atoms with van der Waals surface area (Å²) in [5.41, 5.74) is -0.0694. The summed E-state index contributed by atoms with van der Waals surface area (Å²) in [6.07, 6.45) is 4.71. The molecule has 0 radical (unpaired) electrons. The van der Waals surface area contributed by atoms with E-state index in [0.717, 1.165) is 45.4 Å². The summed E-state index contributed by atoms with van der Waals surface area (Å²) in [6.45, 7) is 16.4. The van der Waals surface area contributed by atoms with E-state index in [1.807, 2.05) is 41.9 Å². The van der Waals surface area contributed by atoms with Gasteiger partial charge in [0.2, 0.25) is 0 Å².